The largest absolute Gasteiger partial charge is 0.504 e. The molecule has 0 saturated heterocycles. The van der Waals surface area contributed by atoms with Crippen LogP contribution in [0.2, 0.25) is 20.1 Å². The first-order valence-electron chi connectivity index (χ1n) is 22.8. The van der Waals surface area contributed by atoms with Crippen LogP contribution >= 0.6 is 81.7 Å². The molecule has 0 atom stereocenters. The number of benzene rings is 9. The van der Waals surface area contributed by atoms with E-state index >= 15 is 0 Å². The summed E-state index contributed by atoms with van der Waals surface area (Å²) in [5, 5.41) is 52.1. The Kier molecular flexibility index (Phi) is 20.6. The molecule has 0 spiro atoms. The smallest absolute Gasteiger partial charge is 0.269 e. The van der Waals surface area contributed by atoms with Crippen molar-refractivity contribution >= 4 is 104 Å². The molecule has 9 nitrogen and oxygen atoms in total. The Hall–Kier alpha value is -6.61. The maximum atomic E-state index is 10.8. The number of rotatable bonds is 16. The highest BCUT2D eigenvalue weighted by molar-refractivity contribution is 8.00. The Morgan fingerprint density at radius 2 is 0.730 bits per heavy atom. The lowest BCUT2D eigenvalue weighted by molar-refractivity contribution is -0.384. The molecule has 0 amide bonds. The van der Waals surface area contributed by atoms with E-state index in [4.69, 9.17) is 46.4 Å². The maximum absolute atomic E-state index is 10.8. The Labute approximate surface area is 463 Å². The molecule has 16 heteroatoms. The average molecular weight is 1120 g/mol. The molecular weight excluding hydrogens is 1070 g/mol. The normalized spacial score (nSPS) is 10.6. The molecule has 9 rings (SSSR count). The number of phenolic OH excluding ortho intramolecular Hbond substituents is 3. The Morgan fingerprint density at radius 3 is 1.07 bits per heavy atom. The lowest BCUT2D eigenvalue weighted by Gasteiger charge is -2.13. The SMILES string of the molecule is Cc1ccc(Sc2ccccc2CNc2cccc(Cl)c2O)cc1.O=[N+]([O-])c1ccc(Sc2ccccc2CNc2cccc(Cl)c2O)cc1.Oc1c(Cl)cccc1NCc1ccccc1Sc1ccc(Cl)cc1. The van der Waals surface area contributed by atoms with Gasteiger partial charge in [0.05, 0.1) is 37.1 Å². The number of nitro groups is 1. The van der Waals surface area contributed by atoms with Crippen LogP contribution in [0.25, 0.3) is 0 Å². The van der Waals surface area contributed by atoms with Crippen LogP contribution < -0.4 is 16.0 Å². The fourth-order valence-electron chi connectivity index (χ4n) is 6.92. The maximum Gasteiger partial charge on any atom is 0.269 e. The van der Waals surface area contributed by atoms with E-state index in [1.807, 2.05) is 84.9 Å². The number of aromatic hydroxyl groups is 3. The van der Waals surface area contributed by atoms with Crippen molar-refractivity contribution in [3.05, 3.63) is 253 Å². The number of anilines is 3. The predicted octanol–water partition coefficient (Wildman–Crippen LogP) is 18.3. The van der Waals surface area contributed by atoms with Gasteiger partial charge in [-0.25, -0.2) is 0 Å². The van der Waals surface area contributed by atoms with Crippen molar-refractivity contribution in [2.45, 2.75) is 55.9 Å². The molecule has 0 unspecified atom stereocenters. The number of nitrogens with zero attached hydrogens (tertiary/aromatic N) is 1. The molecule has 0 aliphatic carbocycles. The van der Waals surface area contributed by atoms with Gasteiger partial charge in [-0.3, -0.25) is 10.1 Å². The van der Waals surface area contributed by atoms with Crippen molar-refractivity contribution in [3.8, 4) is 17.2 Å². The van der Waals surface area contributed by atoms with Crippen LogP contribution in [0.15, 0.2) is 230 Å². The third-order valence-corrected chi connectivity index (χ3v) is 15.4. The van der Waals surface area contributed by atoms with Gasteiger partial charge in [0.2, 0.25) is 0 Å². The van der Waals surface area contributed by atoms with Gasteiger partial charge in [-0.05, 0) is 127 Å². The van der Waals surface area contributed by atoms with E-state index in [-0.39, 0.29) is 22.9 Å². The minimum absolute atomic E-state index is 0.0228. The first kappa shape index (κ1) is 55.1. The Balaban J connectivity index is 0.000000162. The average Bonchev–Trinajstić information content (AvgIpc) is 3.40. The van der Waals surface area contributed by atoms with Gasteiger partial charge in [-0.2, -0.15) is 0 Å². The molecule has 0 fully saturated rings. The van der Waals surface area contributed by atoms with E-state index in [2.05, 4.69) is 71.4 Å². The minimum Gasteiger partial charge on any atom is -0.504 e. The first-order chi connectivity index (χ1) is 35.8. The summed E-state index contributed by atoms with van der Waals surface area (Å²) in [5.74, 6) is 0.180. The van der Waals surface area contributed by atoms with Gasteiger partial charge in [0.25, 0.3) is 5.69 Å². The van der Waals surface area contributed by atoms with E-state index in [1.165, 1.54) is 44.8 Å². The van der Waals surface area contributed by atoms with Gasteiger partial charge in [-0.1, -0.05) is 172 Å². The summed E-state index contributed by atoms with van der Waals surface area (Å²) in [6, 6.07) is 62.7. The lowest BCUT2D eigenvalue weighted by atomic mass is 10.2. The van der Waals surface area contributed by atoms with Gasteiger partial charge in [-0.15, -0.1) is 0 Å². The minimum atomic E-state index is -0.413. The number of non-ortho nitro benzene ring substituents is 1. The topological polar surface area (TPSA) is 140 Å². The zero-order valence-electron chi connectivity index (χ0n) is 39.5. The number of para-hydroxylation sites is 3. The van der Waals surface area contributed by atoms with Crippen molar-refractivity contribution in [3.63, 3.8) is 0 Å². The first-order valence-corrected chi connectivity index (χ1v) is 26.8. The molecule has 0 bridgehead atoms. The van der Waals surface area contributed by atoms with Crippen LogP contribution in [-0.2, 0) is 19.6 Å². The van der Waals surface area contributed by atoms with E-state index in [1.54, 1.807) is 78.1 Å². The zero-order valence-corrected chi connectivity index (χ0v) is 45.0. The summed E-state index contributed by atoms with van der Waals surface area (Å²) in [6.07, 6.45) is 0. The molecule has 376 valence electrons. The highest BCUT2D eigenvalue weighted by atomic mass is 35.5. The summed E-state index contributed by atoms with van der Waals surface area (Å²) in [6.45, 7) is 3.79. The van der Waals surface area contributed by atoms with Crippen LogP contribution in [0.4, 0.5) is 22.7 Å². The second-order valence-corrected chi connectivity index (χ2v) is 21.1. The number of halogens is 4. The number of nitrogens with one attached hydrogen (secondary N) is 3. The third-order valence-electron chi connectivity index (χ3n) is 10.9. The Morgan fingerprint density at radius 1 is 0.419 bits per heavy atom. The molecule has 9 aromatic carbocycles. The fourth-order valence-corrected chi connectivity index (χ4v) is 10.4. The predicted molar refractivity (Wildman–Crippen MR) is 309 cm³/mol. The monoisotopic (exact) mass is 1120 g/mol. The lowest BCUT2D eigenvalue weighted by Crippen LogP contribution is -2.01. The molecule has 9 aromatic rings. The number of phenols is 3. The summed E-state index contributed by atoms with van der Waals surface area (Å²) < 4.78 is 0. The molecular formula is C58H48Cl4N4O5S3. The van der Waals surface area contributed by atoms with Crippen molar-refractivity contribution in [1.29, 1.82) is 0 Å². The number of nitro benzene ring substituents is 1. The molecule has 0 radical (unpaired) electrons. The van der Waals surface area contributed by atoms with Gasteiger partial charge < -0.3 is 31.3 Å². The number of hydrogen-bond acceptors (Lipinski definition) is 11. The van der Waals surface area contributed by atoms with Crippen LogP contribution in [0.5, 0.6) is 17.2 Å². The van der Waals surface area contributed by atoms with Gasteiger partial charge in [0.15, 0.2) is 17.2 Å². The van der Waals surface area contributed by atoms with Crippen LogP contribution in [-0.4, -0.2) is 20.2 Å². The molecule has 0 aromatic heterocycles. The number of hydrogen-bond donors (Lipinski definition) is 6. The van der Waals surface area contributed by atoms with Crippen LogP contribution in [0.1, 0.15) is 22.3 Å². The third kappa shape index (κ3) is 16.2. The molecule has 6 N–H and O–H groups in total. The van der Waals surface area contributed by atoms with Gasteiger partial charge >= 0.3 is 0 Å². The van der Waals surface area contributed by atoms with Gasteiger partial charge in [0, 0.05) is 66.2 Å². The van der Waals surface area contributed by atoms with E-state index in [0.717, 1.165) is 35.7 Å². The fraction of sp³-hybridized carbons (Fsp3) is 0.0690. The highest BCUT2D eigenvalue weighted by Crippen LogP contribution is 2.38. The molecule has 0 heterocycles. The van der Waals surface area contributed by atoms with E-state index < -0.39 is 4.92 Å². The quantitative estimate of drug-likeness (QED) is 0.0313. The van der Waals surface area contributed by atoms with Crippen molar-refractivity contribution in [2.24, 2.45) is 0 Å². The summed E-state index contributed by atoms with van der Waals surface area (Å²) in [5.41, 5.74) is 6.49. The standard InChI is InChI=1S/C20H18ClNOS.C19H15Cl2NOS.C19H15ClN2O3S/c1-14-9-11-16(12-10-14)24-19-8-3-2-5-15(19)13-22-18-7-4-6-17(21)20(18)23;20-14-8-10-15(11-9-14)24-18-7-2-1-4-13(18)12-22-17-6-3-5-16(21)19(17)23;20-16-5-3-6-17(19(16)23)21-12-13-4-1-2-7-18(13)26-15-10-8-14(9-11-15)22(24)25/h2-12,22-23H,13H2,1H3;1-11,22-23H,12H2;1-11,21,23H,12H2. The number of aryl methyl sites for hydroxylation is 1. The summed E-state index contributed by atoms with van der Waals surface area (Å²) >= 11 is 28.7. The molecule has 0 aliphatic heterocycles. The molecule has 0 saturated carbocycles. The van der Waals surface area contributed by atoms with Gasteiger partial charge in [0.1, 0.15) is 0 Å². The molecule has 0 aliphatic rings. The molecule has 74 heavy (non-hydrogen) atoms. The van der Waals surface area contributed by atoms with Crippen LogP contribution in [0, 0.1) is 17.0 Å². The van der Waals surface area contributed by atoms with Crippen molar-refractivity contribution < 1.29 is 20.2 Å². The van der Waals surface area contributed by atoms with Crippen LogP contribution in [0.3, 0.4) is 0 Å². The van der Waals surface area contributed by atoms with E-state index in [9.17, 15) is 25.4 Å². The summed E-state index contributed by atoms with van der Waals surface area (Å²) in [7, 11) is 0. The summed E-state index contributed by atoms with van der Waals surface area (Å²) in [4.78, 5) is 16.9. The highest BCUT2D eigenvalue weighted by Gasteiger charge is 2.12. The second kappa shape index (κ2) is 27.6. The van der Waals surface area contributed by atoms with E-state index in [0.29, 0.717) is 51.8 Å². The second-order valence-electron chi connectivity index (χ2n) is 16.1. The van der Waals surface area contributed by atoms with Crippen molar-refractivity contribution in [1.82, 2.24) is 0 Å². The van der Waals surface area contributed by atoms with Crippen molar-refractivity contribution in [2.75, 3.05) is 16.0 Å². The zero-order chi connectivity index (χ0) is 52.4. The Bertz CT molecular complexity index is 3160.